The third kappa shape index (κ3) is 3.87. The molecule has 1 aromatic rings. The lowest BCUT2D eigenvalue weighted by atomic mass is 9.84. The minimum Gasteiger partial charge on any atom is -0.381 e. The monoisotopic (exact) mass is 316 g/mol. The molecule has 0 radical (unpaired) electrons. The van der Waals surface area contributed by atoms with Crippen molar-refractivity contribution in [1.29, 1.82) is 0 Å². The molecule has 112 valence electrons. The number of halogens is 1. The van der Waals surface area contributed by atoms with Crippen LogP contribution in [0.2, 0.25) is 5.02 Å². The van der Waals surface area contributed by atoms with Crippen LogP contribution >= 0.6 is 11.6 Å². The quantitative estimate of drug-likeness (QED) is 0.894. The molecule has 0 heterocycles. The largest absolute Gasteiger partial charge is 0.381 e. The average molecular weight is 317 g/mol. The molecule has 2 rings (SSSR count). The molecule has 0 atom stereocenters. The van der Waals surface area contributed by atoms with Crippen LogP contribution in [-0.2, 0) is 10.0 Å². The van der Waals surface area contributed by atoms with Gasteiger partial charge in [-0.1, -0.05) is 24.9 Å². The molecular weight excluding hydrogens is 296 g/mol. The van der Waals surface area contributed by atoms with Crippen molar-refractivity contribution in [3.05, 3.63) is 23.2 Å². The van der Waals surface area contributed by atoms with Gasteiger partial charge in [0, 0.05) is 6.04 Å². The van der Waals surface area contributed by atoms with E-state index in [0.29, 0.717) is 16.8 Å². The molecule has 6 heteroatoms. The molecule has 0 aliphatic heterocycles. The Kier molecular flexibility index (Phi) is 4.94. The Bertz CT molecular complexity index is 567. The lowest BCUT2D eigenvalue weighted by Gasteiger charge is -2.29. The summed E-state index contributed by atoms with van der Waals surface area (Å²) >= 11 is 6.12. The van der Waals surface area contributed by atoms with Gasteiger partial charge in [0.05, 0.1) is 15.6 Å². The van der Waals surface area contributed by atoms with Gasteiger partial charge in [-0.3, -0.25) is 0 Å². The molecule has 1 aliphatic rings. The smallest absolute Gasteiger partial charge is 0.238 e. The van der Waals surface area contributed by atoms with Gasteiger partial charge in [0.25, 0.3) is 0 Å². The lowest BCUT2D eigenvalue weighted by molar-refractivity contribution is 0.330. The molecule has 0 unspecified atom stereocenters. The maximum atomic E-state index is 11.4. The van der Waals surface area contributed by atoms with E-state index in [1.54, 1.807) is 6.07 Å². The van der Waals surface area contributed by atoms with Crippen molar-refractivity contribution in [3.8, 4) is 0 Å². The summed E-state index contributed by atoms with van der Waals surface area (Å²) < 4.78 is 22.8. The van der Waals surface area contributed by atoms with E-state index in [2.05, 4.69) is 12.2 Å². The number of sulfonamides is 1. The maximum absolute atomic E-state index is 11.4. The Hall–Kier alpha value is -0.780. The summed E-state index contributed by atoms with van der Waals surface area (Å²) in [6.07, 6.45) is 5.83. The number of primary sulfonamides is 1. The predicted octanol–water partition coefficient (Wildman–Crippen LogP) is 3.37. The summed E-state index contributed by atoms with van der Waals surface area (Å²) in [5.41, 5.74) is 0.651. The molecule has 0 spiro atoms. The van der Waals surface area contributed by atoms with Gasteiger partial charge in [0.15, 0.2) is 0 Å². The Morgan fingerprint density at radius 3 is 2.50 bits per heavy atom. The number of nitrogens with one attached hydrogen (secondary N) is 1. The highest BCUT2D eigenvalue weighted by atomic mass is 35.5. The van der Waals surface area contributed by atoms with Gasteiger partial charge in [-0.15, -0.1) is 0 Å². The summed E-state index contributed by atoms with van der Waals surface area (Å²) in [4.78, 5) is 0.0895. The number of hydrogen-bond acceptors (Lipinski definition) is 3. The van der Waals surface area contributed by atoms with Crippen LogP contribution in [0.1, 0.15) is 39.0 Å². The number of nitrogens with two attached hydrogens (primary N) is 1. The van der Waals surface area contributed by atoms with Crippen LogP contribution < -0.4 is 10.5 Å². The van der Waals surface area contributed by atoms with E-state index >= 15 is 0 Å². The van der Waals surface area contributed by atoms with E-state index in [4.69, 9.17) is 16.7 Å². The Balaban J connectivity index is 2.10. The van der Waals surface area contributed by atoms with E-state index in [1.807, 2.05) is 0 Å². The SMILES string of the molecule is CCC1CCC(Nc2cc(S(N)(=O)=O)ccc2Cl)CC1. The number of benzene rings is 1. The van der Waals surface area contributed by atoms with E-state index in [9.17, 15) is 8.42 Å². The van der Waals surface area contributed by atoms with Crippen molar-refractivity contribution in [1.82, 2.24) is 0 Å². The van der Waals surface area contributed by atoms with Gasteiger partial charge >= 0.3 is 0 Å². The topological polar surface area (TPSA) is 72.2 Å². The second kappa shape index (κ2) is 6.33. The van der Waals surface area contributed by atoms with E-state index in [0.717, 1.165) is 18.8 Å². The average Bonchev–Trinajstić information content (AvgIpc) is 2.41. The highest BCUT2D eigenvalue weighted by Gasteiger charge is 2.21. The van der Waals surface area contributed by atoms with E-state index < -0.39 is 10.0 Å². The van der Waals surface area contributed by atoms with Crippen LogP contribution in [0.4, 0.5) is 5.69 Å². The first-order valence-electron chi connectivity index (χ1n) is 6.99. The normalized spacial score (nSPS) is 23.6. The third-order valence-electron chi connectivity index (χ3n) is 4.05. The number of rotatable bonds is 4. The molecule has 0 amide bonds. The van der Waals surface area contributed by atoms with Crippen molar-refractivity contribution in [2.24, 2.45) is 11.1 Å². The van der Waals surface area contributed by atoms with Crippen molar-refractivity contribution < 1.29 is 8.42 Å². The van der Waals surface area contributed by atoms with Crippen LogP contribution in [0.3, 0.4) is 0 Å². The zero-order valence-electron chi connectivity index (χ0n) is 11.6. The molecule has 4 nitrogen and oxygen atoms in total. The fourth-order valence-corrected chi connectivity index (χ4v) is 3.44. The fourth-order valence-electron chi connectivity index (χ4n) is 2.73. The molecule has 3 N–H and O–H groups in total. The molecule has 1 saturated carbocycles. The second-order valence-electron chi connectivity index (χ2n) is 5.46. The first-order chi connectivity index (χ1) is 9.40. The Morgan fingerprint density at radius 1 is 1.30 bits per heavy atom. The summed E-state index contributed by atoms with van der Waals surface area (Å²) in [6.45, 7) is 2.23. The van der Waals surface area contributed by atoms with Crippen molar-refractivity contribution in [2.45, 2.75) is 50.0 Å². The van der Waals surface area contributed by atoms with Gasteiger partial charge in [-0.2, -0.15) is 0 Å². The standard InChI is InChI=1S/C14H21ClN2O2S/c1-2-10-3-5-11(6-4-10)17-14-9-12(20(16,18)19)7-8-13(14)15/h7-11,17H,2-6H2,1H3,(H2,16,18,19). The van der Waals surface area contributed by atoms with E-state index in [1.165, 1.54) is 31.4 Å². The summed E-state index contributed by atoms with van der Waals surface area (Å²) in [6, 6.07) is 4.87. The molecule has 1 aromatic carbocycles. The van der Waals surface area contributed by atoms with Gasteiger partial charge < -0.3 is 5.32 Å². The molecule has 0 bridgehead atoms. The maximum Gasteiger partial charge on any atom is 0.238 e. The second-order valence-corrected chi connectivity index (χ2v) is 7.43. The van der Waals surface area contributed by atoms with Crippen LogP contribution in [0.5, 0.6) is 0 Å². The van der Waals surface area contributed by atoms with Gasteiger partial charge in [-0.25, -0.2) is 13.6 Å². The van der Waals surface area contributed by atoms with Gasteiger partial charge in [-0.05, 0) is 49.8 Å². The highest BCUT2D eigenvalue weighted by Crippen LogP contribution is 2.31. The van der Waals surface area contributed by atoms with Crippen molar-refractivity contribution >= 4 is 27.3 Å². The predicted molar refractivity (Wildman–Crippen MR) is 82.5 cm³/mol. The first-order valence-corrected chi connectivity index (χ1v) is 8.91. The van der Waals surface area contributed by atoms with Crippen molar-refractivity contribution in [3.63, 3.8) is 0 Å². The zero-order chi connectivity index (χ0) is 14.8. The van der Waals surface area contributed by atoms with Crippen LogP contribution in [0, 0.1) is 5.92 Å². The van der Waals surface area contributed by atoms with Crippen molar-refractivity contribution in [2.75, 3.05) is 5.32 Å². The molecule has 0 saturated heterocycles. The summed E-state index contributed by atoms with van der Waals surface area (Å²) in [7, 11) is -3.69. The molecule has 20 heavy (non-hydrogen) atoms. The van der Waals surface area contributed by atoms with E-state index in [-0.39, 0.29) is 4.90 Å². The zero-order valence-corrected chi connectivity index (χ0v) is 13.2. The van der Waals surface area contributed by atoms with Crippen LogP contribution in [0.25, 0.3) is 0 Å². The summed E-state index contributed by atoms with van der Waals surface area (Å²) in [5.74, 6) is 0.819. The molecule has 1 fully saturated rings. The Labute approximate surface area is 125 Å². The minimum absolute atomic E-state index is 0.0895. The van der Waals surface area contributed by atoms with Gasteiger partial charge in [0.2, 0.25) is 10.0 Å². The number of hydrogen-bond donors (Lipinski definition) is 2. The lowest BCUT2D eigenvalue weighted by Crippen LogP contribution is -2.26. The summed E-state index contributed by atoms with van der Waals surface area (Å²) in [5, 5.41) is 9.02. The molecular formula is C14H21ClN2O2S. The highest BCUT2D eigenvalue weighted by molar-refractivity contribution is 7.89. The Morgan fingerprint density at radius 2 is 1.95 bits per heavy atom. The van der Waals surface area contributed by atoms with Gasteiger partial charge in [0.1, 0.15) is 0 Å². The van der Waals surface area contributed by atoms with Crippen LogP contribution in [-0.4, -0.2) is 14.5 Å². The molecule has 0 aromatic heterocycles. The van der Waals surface area contributed by atoms with Crippen LogP contribution in [0.15, 0.2) is 23.1 Å². The number of anilines is 1. The first kappa shape index (κ1) is 15.6. The third-order valence-corrected chi connectivity index (χ3v) is 5.29. The molecule has 1 aliphatic carbocycles. The minimum atomic E-state index is -3.69. The fraction of sp³-hybridized carbons (Fsp3) is 0.571.